The van der Waals surface area contributed by atoms with Crippen LogP contribution >= 0.6 is 0 Å². The number of hydrogen-bond donors (Lipinski definition) is 0. The van der Waals surface area contributed by atoms with Crippen LogP contribution in [0.1, 0.15) is 50.4 Å². The van der Waals surface area contributed by atoms with E-state index in [4.69, 9.17) is 4.84 Å². The van der Waals surface area contributed by atoms with Gasteiger partial charge >= 0.3 is 5.97 Å². The third kappa shape index (κ3) is 4.63. The number of nitro benzene ring substituents is 1. The Labute approximate surface area is 146 Å². The lowest BCUT2D eigenvalue weighted by atomic mass is 9.69. The van der Waals surface area contributed by atoms with Gasteiger partial charge in [-0.05, 0) is 42.7 Å². The van der Waals surface area contributed by atoms with Gasteiger partial charge in [-0.1, -0.05) is 25.9 Å². The topological polar surface area (TPSA) is 106 Å². The van der Waals surface area contributed by atoms with Crippen molar-refractivity contribution in [1.29, 1.82) is 5.26 Å². The maximum Gasteiger partial charge on any atom is 0.365 e. The standard InChI is InChI=1S/C18H21N3O4/c1-18(2,3)14-6-9-16(13(10-14)11-19)20-25-17(22)12-4-7-15(8-5-12)21(23)24/h4-5,7-8,13-14H,6,9-10H2,1-3H3/b20-16+. The zero-order valence-electron chi connectivity index (χ0n) is 14.6. The quantitative estimate of drug-likeness (QED) is 0.467. The average Bonchev–Trinajstić information content (AvgIpc) is 2.58. The average molecular weight is 343 g/mol. The fourth-order valence-electron chi connectivity index (χ4n) is 2.93. The van der Waals surface area contributed by atoms with Crippen LogP contribution in [-0.4, -0.2) is 16.6 Å². The molecule has 0 spiro atoms. The number of carbonyl (C=O) groups is 1. The Morgan fingerprint density at radius 2 is 2.00 bits per heavy atom. The second-order valence-electron chi connectivity index (χ2n) is 7.28. The van der Waals surface area contributed by atoms with Crippen LogP contribution < -0.4 is 0 Å². The molecule has 2 rings (SSSR count). The molecule has 0 heterocycles. The molecule has 7 nitrogen and oxygen atoms in total. The Kier molecular flexibility index (Phi) is 5.52. The lowest BCUT2D eigenvalue weighted by Gasteiger charge is -2.35. The van der Waals surface area contributed by atoms with Crippen LogP contribution in [0.15, 0.2) is 29.4 Å². The molecule has 0 aliphatic heterocycles. The third-order valence-corrected chi connectivity index (χ3v) is 4.61. The minimum atomic E-state index is -0.697. The van der Waals surface area contributed by atoms with Gasteiger partial charge in [0.2, 0.25) is 0 Å². The van der Waals surface area contributed by atoms with Gasteiger partial charge in [0, 0.05) is 12.1 Å². The van der Waals surface area contributed by atoms with Gasteiger partial charge in [0.1, 0.15) is 0 Å². The Bertz CT molecular complexity index is 726. The van der Waals surface area contributed by atoms with E-state index in [1.54, 1.807) is 0 Å². The molecule has 2 unspecified atom stereocenters. The van der Waals surface area contributed by atoms with Gasteiger partial charge in [0.25, 0.3) is 5.69 Å². The van der Waals surface area contributed by atoms with Crippen molar-refractivity contribution < 1.29 is 14.6 Å². The molecule has 0 radical (unpaired) electrons. The number of nitro groups is 1. The molecule has 1 aromatic rings. The molecule has 25 heavy (non-hydrogen) atoms. The second-order valence-corrected chi connectivity index (χ2v) is 7.28. The van der Waals surface area contributed by atoms with Gasteiger partial charge in [0.05, 0.1) is 28.2 Å². The molecule has 1 fully saturated rings. The summed E-state index contributed by atoms with van der Waals surface area (Å²) in [6, 6.07) is 7.34. The normalized spacial score (nSPS) is 22.2. The molecule has 7 heteroatoms. The summed E-state index contributed by atoms with van der Waals surface area (Å²) in [5, 5.41) is 23.9. The molecule has 1 saturated carbocycles. The highest BCUT2D eigenvalue weighted by Gasteiger charge is 2.34. The Morgan fingerprint density at radius 3 is 2.52 bits per heavy atom. The van der Waals surface area contributed by atoms with Crippen molar-refractivity contribution in [1.82, 2.24) is 0 Å². The van der Waals surface area contributed by atoms with Crippen molar-refractivity contribution in [3.63, 3.8) is 0 Å². The van der Waals surface area contributed by atoms with Gasteiger partial charge in [-0.2, -0.15) is 5.26 Å². The smallest absolute Gasteiger partial charge is 0.313 e. The van der Waals surface area contributed by atoms with Crippen molar-refractivity contribution in [2.45, 2.75) is 40.0 Å². The summed E-state index contributed by atoms with van der Waals surface area (Å²) in [6.45, 7) is 6.47. The van der Waals surface area contributed by atoms with Crippen LogP contribution in [0.2, 0.25) is 0 Å². The summed E-state index contributed by atoms with van der Waals surface area (Å²) in [5.74, 6) is -0.638. The largest absolute Gasteiger partial charge is 0.365 e. The SMILES string of the molecule is CC(C)(C)C1CC/C(=N\OC(=O)c2ccc([N+](=O)[O-])cc2)C(C#N)C1. The lowest BCUT2D eigenvalue weighted by Crippen LogP contribution is -2.31. The first-order valence-electron chi connectivity index (χ1n) is 8.14. The van der Waals surface area contributed by atoms with Gasteiger partial charge < -0.3 is 4.84 Å². The van der Waals surface area contributed by atoms with Gasteiger partial charge in [-0.15, -0.1) is 0 Å². The molecule has 0 amide bonds. The van der Waals surface area contributed by atoms with Gasteiger partial charge in [0.15, 0.2) is 0 Å². The maximum atomic E-state index is 12.0. The maximum absolute atomic E-state index is 12.0. The van der Waals surface area contributed by atoms with Crippen LogP contribution in [0.4, 0.5) is 5.69 Å². The van der Waals surface area contributed by atoms with Crippen LogP contribution in [0.25, 0.3) is 0 Å². The third-order valence-electron chi connectivity index (χ3n) is 4.61. The summed E-state index contributed by atoms with van der Waals surface area (Å²) >= 11 is 0. The number of non-ortho nitro benzene ring substituents is 1. The van der Waals surface area contributed by atoms with Crippen molar-refractivity contribution in [3.05, 3.63) is 39.9 Å². The van der Waals surface area contributed by atoms with Crippen molar-refractivity contribution in [2.75, 3.05) is 0 Å². The minimum Gasteiger partial charge on any atom is -0.313 e. The van der Waals surface area contributed by atoms with E-state index in [-0.39, 0.29) is 22.6 Å². The molecule has 132 valence electrons. The number of oxime groups is 1. The fraction of sp³-hybridized carbons (Fsp3) is 0.500. The number of nitrogens with zero attached hydrogens (tertiary/aromatic N) is 3. The number of carbonyl (C=O) groups excluding carboxylic acids is 1. The Hall–Kier alpha value is -2.75. The van der Waals surface area contributed by atoms with E-state index in [9.17, 15) is 20.2 Å². The van der Waals surface area contributed by atoms with E-state index in [0.29, 0.717) is 24.5 Å². The molecule has 1 aliphatic rings. The summed E-state index contributed by atoms with van der Waals surface area (Å²) in [6.07, 6.45) is 2.22. The van der Waals surface area contributed by atoms with E-state index >= 15 is 0 Å². The molecular weight excluding hydrogens is 322 g/mol. The number of hydrogen-bond acceptors (Lipinski definition) is 6. The van der Waals surface area contributed by atoms with E-state index in [2.05, 4.69) is 32.0 Å². The molecule has 0 aromatic heterocycles. The highest BCUT2D eigenvalue weighted by molar-refractivity contribution is 5.92. The summed E-state index contributed by atoms with van der Waals surface area (Å²) in [4.78, 5) is 27.0. The van der Waals surface area contributed by atoms with E-state index in [1.807, 2.05) is 0 Å². The minimum absolute atomic E-state index is 0.104. The number of rotatable bonds is 3. The van der Waals surface area contributed by atoms with Crippen LogP contribution in [-0.2, 0) is 4.84 Å². The molecule has 1 aliphatic carbocycles. The summed E-state index contributed by atoms with van der Waals surface area (Å²) in [5.41, 5.74) is 0.772. The zero-order valence-corrected chi connectivity index (χ0v) is 14.6. The fourth-order valence-corrected chi connectivity index (χ4v) is 2.93. The van der Waals surface area contributed by atoms with Gasteiger partial charge in [-0.3, -0.25) is 10.1 Å². The first-order chi connectivity index (χ1) is 11.7. The van der Waals surface area contributed by atoms with E-state index in [0.717, 1.165) is 6.42 Å². The lowest BCUT2D eigenvalue weighted by molar-refractivity contribution is -0.384. The highest BCUT2D eigenvalue weighted by atomic mass is 16.7. The molecular formula is C18H21N3O4. The highest BCUT2D eigenvalue weighted by Crippen LogP contribution is 2.39. The predicted octanol–water partition coefficient (Wildman–Crippen LogP) is 4.09. The molecule has 0 bridgehead atoms. The Morgan fingerprint density at radius 1 is 1.36 bits per heavy atom. The Balaban J connectivity index is 2.04. The molecule has 0 N–H and O–H groups in total. The van der Waals surface area contributed by atoms with Crippen LogP contribution in [0.3, 0.4) is 0 Å². The molecule has 2 atom stereocenters. The van der Waals surface area contributed by atoms with Crippen molar-refractivity contribution >= 4 is 17.4 Å². The number of nitriles is 1. The monoisotopic (exact) mass is 343 g/mol. The van der Waals surface area contributed by atoms with Crippen LogP contribution in [0.5, 0.6) is 0 Å². The van der Waals surface area contributed by atoms with E-state index in [1.165, 1.54) is 24.3 Å². The first kappa shape index (κ1) is 18.6. The summed E-state index contributed by atoms with van der Waals surface area (Å²) < 4.78 is 0. The number of benzene rings is 1. The molecule has 1 aromatic carbocycles. The zero-order chi connectivity index (χ0) is 18.6. The van der Waals surface area contributed by atoms with Crippen molar-refractivity contribution in [3.8, 4) is 6.07 Å². The summed E-state index contributed by atoms with van der Waals surface area (Å²) in [7, 11) is 0. The van der Waals surface area contributed by atoms with E-state index < -0.39 is 10.9 Å². The van der Waals surface area contributed by atoms with Crippen LogP contribution in [0, 0.1) is 38.7 Å². The van der Waals surface area contributed by atoms with Gasteiger partial charge in [-0.25, -0.2) is 4.79 Å². The molecule has 0 saturated heterocycles. The first-order valence-corrected chi connectivity index (χ1v) is 8.14. The second kappa shape index (κ2) is 7.43. The predicted molar refractivity (Wildman–Crippen MR) is 91.8 cm³/mol. The van der Waals surface area contributed by atoms with Crippen molar-refractivity contribution in [2.24, 2.45) is 22.4 Å².